The van der Waals surface area contributed by atoms with E-state index in [0.29, 0.717) is 26.1 Å². The Morgan fingerprint density at radius 2 is 2.00 bits per heavy atom. The Hall–Kier alpha value is -2.28. The highest BCUT2D eigenvalue weighted by molar-refractivity contribution is 5.76. The summed E-state index contributed by atoms with van der Waals surface area (Å²) in [6.07, 6.45) is 1.13. The van der Waals surface area contributed by atoms with Crippen molar-refractivity contribution >= 4 is 5.91 Å². The number of carbonyl (C=O) groups is 1. The average Bonchev–Trinajstić information content (AvgIpc) is 2.91. The van der Waals surface area contributed by atoms with Gasteiger partial charge in [-0.25, -0.2) is 9.97 Å². The smallest absolute Gasteiger partial charge is 0.222 e. The van der Waals surface area contributed by atoms with Gasteiger partial charge in [0.25, 0.3) is 0 Å². The quantitative estimate of drug-likeness (QED) is 0.821. The van der Waals surface area contributed by atoms with Gasteiger partial charge in [0, 0.05) is 30.9 Å². The van der Waals surface area contributed by atoms with Crippen LogP contribution < -0.4 is 0 Å². The maximum atomic E-state index is 12.6. The molecule has 0 N–H and O–H groups in total. The lowest BCUT2D eigenvalue weighted by Crippen LogP contribution is -2.42. The van der Waals surface area contributed by atoms with Gasteiger partial charge >= 0.3 is 0 Å². The first-order chi connectivity index (χ1) is 12.4. The van der Waals surface area contributed by atoms with Crippen molar-refractivity contribution in [3.63, 3.8) is 0 Å². The normalized spacial score (nSPS) is 17.5. The number of aryl methyl sites for hydroxylation is 5. The Balaban J connectivity index is 1.55. The molecule has 1 fully saturated rings. The minimum absolute atomic E-state index is 0.169. The second kappa shape index (κ2) is 7.95. The highest BCUT2D eigenvalue weighted by atomic mass is 16.5. The van der Waals surface area contributed by atoms with Crippen LogP contribution in [0.3, 0.4) is 0 Å². The number of nitrogens with zero attached hydrogens (tertiary/aromatic N) is 5. The van der Waals surface area contributed by atoms with Crippen LogP contribution in [-0.4, -0.2) is 50.3 Å². The van der Waals surface area contributed by atoms with Crippen LogP contribution in [0.15, 0.2) is 12.1 Å². The number of ether oxygens (including phenoxy) is 1. The summed E-state index contributed by atoms with van der Waals surface area (Å²) in [5.41, 5.74) is 3.93. The molecule has 2 aromatic heterocycles. The van der Waals surface area contributed by atoms with E-state index in [1.807, 2.05) is 43.3 Å². The molecule has 3 heterocycles. The third kappa shape index (κ3) is 4.46. The van der Waals surface area contributed by atoms with E-state index in [2.05, 4.69) is 21.1 Å². The van der Waals surface area contributed by atoms with E-state index in [0.717, 1.165) is 41.6 Å². The van der Waals surface area contributed by atoms with Crippen molar-refractivity contribution in [2.24, 2.45) is 0 Å². The van der Waals surface area contributed by atoms with Crippen LogP contribution in [0.25, 0.3) is 0 Å². The lowest BCUT2D eigenvalue weighted by molar-refractivity contribution is -0.139. The second-order valence-electron chi connectivity index (χ2n) is 6.93. The van der Waals surface area contributed by atoms with Crippen LogP contribution in [0.2, 0.25) is 0 Å². The van der Waals surface area contributed by atoms with Gasteiger partial charge in [0.2, 0.25) is 5.91 Å². The molecule has 2 aromatic rings. The molecule has 26 heavy (non-hydrogen) atoms. The lowest BCUT2D eigenvalue weighted by atomic mass is 10.1. The van der Waals surface area contributed by atoms with Gasteiger partial charge in [0.05, 0.1) is 24.5 Å². The van der Waals surface area contributed by atoms with Gasteiger partial charge < -0.3 is 9.64 Å². The Bertz CT molecular complexity index is 766. The highest BCUT2D eigenvalue weighted by Crippen LogP contribution is 2.22. The largest absolute Gasteiger partial charge is 0.368 e. The first kappa shape index (κ1) is 18.5. The minimum Gasteiger partial charge on any atom is -0.368 e. The van der Waals surface area contributed by atoms with Crippen LogP contribution >= 0.6 is 0 Å². The first-order valence-corrected chi connectivity index (χ1v) is 9.15. The summed E-state index contributed by atoms with van der Waals surface area (Å²) < 4.78 is 7.82. The van der Waals surface area contributed by atoms with Crippen molar-refractivity contribution in [2.45, 2.75) is 53.2 Å². The van der Waals surface area contributed by atoms with Gasteiger partial charge in [-0.15, -0.1) is 0 Å². The van der Waals surface area contributed by atoms with Crippen molar-refractivity contribution in [3.05, 3.63) is 40.7 Å². The van der Waals surface area contributed by atoms with Gasteiger partial charge in [-0.1, -0.05) is 0 Å². The summed E-state index contributed by atoms with van der Waals surface area (Å²) in [7, 11) is 0. The predicted octanol–water partition coefficient (Wildman–Crippen LogP) is 2.29. The molecule has 0 aliphatic carbocycles. The molecule has 0 bridgehead atoms. The number of hydrogen-bond acceptors (Lipinski definition) is 5. The Morgan fingerprint density at radius 3 is 2.69 bits per heavy atom. The number of hydrogen-bond donors (Lipinski definition) is 0. The molecule has 1 aliphatic rings. The summed E-state index contributed by atoms with van der Waals surface area (Å²) in [4.78, 5) is 23.3. The molecule has 1 saturated heterocycles. The maximum absolute atomic E-state index is 12.6. The molecule has 140 valence electrons. The van der Waals surface area contributed by atoms with Crippen molar-refractivity contribution in [1.82, 2.24) is 24.6 Å². The molecule has 0 spiro atoms. The predicted molar refractivity (Wildman–Crippen MR) is 97.7 cm³/mol. The van der Waals surface area contributed by atoms with E-state index >= 15 is 0 Å². The SMILES string of the molecule is Cc1cc(C2CN(C(=O)CCCn3nc(C)cc3C)CCO2)nc(C)n1. The summed E-state index contributed by atoms with van der Waals surface area (Å²) in [6.45, 7) is 10.3. The van der Waals surface area contributed by atoms with Crippen molar-refractivity contribution in [3.8, 4) is 0 Å². The molecule has 7 nitrogen and oxygen atoms in total. The van der Waals surface area contributed by atoms with Crippen molar-refractivity contribution in [2.75, 3.05) is 19.7 Å². The second-order valence-corrected chi connectivity index (χ2v) is 6.93. The fourth-order valence-corrected chi connectivity index (χ4v) is 3.40. The zero-order chi connectivity index (χ0) is 18.7. The van der Waals surface area contributed by atoms with Gasteiger partial charge in [-0.2, -0.15) is 5.10 Å². The number of carbonyl (C=O) groups excluding carboxylic acids is 1. The van der Waals surface area contributed by atoms with Crippen molar-refractivity contribution < 1.29 is 9.53 Å². The fraction of sp³-hybridized carbons (Fsp3) is 0.579. The molecule has 1 atom stereocenters. The Kier molecular flexibility index (Phi) is 5.66. The van der Waals surface area contributed by atoms with Crippen molar-refractivity contribution in [1.29, 1.82) is 0 Å². The number of morpholine rings is 1. The van der Waals surface area contributed by atoms with Crippen LogP contribution in [0.1, 0.15) is 47.5 Å². The van der Waals surface area contributed by atoms with E-state index in [9.17, 15) is 4.79 Å². The van der Waals surface area contributed by atoms with Gasteiger partial charge in [-0.05, 0) is 46.2 Å². The molecule has 1 amide bonds. The number of amides is 1. The Labute approximate surface area is 154 Å². The van der Waals surface area contributed by atoms with Crippen LogP contribution in [0.4, 0.5) is 0 Å². The molecule has 0 radical (unpaired) electrons. The van der Waals surface area contributed by atoms with Gasteiger partial charge in [0.1, 0.15) is 11.9 Å². The van der Waals surface area contributed by atoms with Crippen LogP contribution in [0, 0.1) is 27.7 Å². The third-order valence-electron chi connectivity index (χ3n) is 4.60. The first-order valence-electron chi connectivity index (χ1n) is 9.15. The average molecular weight is 357 g/mol. The van der Waals surface area contributed by atoms with Crippen LogP contribution in [-0.2, 0) is 16.1 Å². The van der Waals surface area contributed by atoms with Gasteiger partial charge in [0.15, 0.2) is 0 Å². The standard InChI is InChI=1S/C19H27N5O2/c1-13-11-17(21-16(4)20-13)18-12-23(8-9-26-18)19(25)6-5-7-24-15(3)10-14(2)22-24/h10-11,18H,5-9,12H2,1-4H3. The summed E-state index contributed by atoms with van der Waals surface area (Å²) in [5.74, 6) is 0.902. The number of aromatic nitrogens is 4. The number of rotatable bonds is 5. The highest BCUT2D eigenvalue weighted by Gasteiger charge is 2.26. The van der Waals surface area contributed by atoms with E-state index in [1.54, 1.807) is 0 Å². The molecule has 3 rings (SSSR count). The topological polar surface area (TPSA) is 73.1 Å². The molecular formula is C19H27N5O2. The van der Waals surface area contributed by atoms with E-state index in [4.69, 9.17) is 4.74 Å². The minimum atomic E-state index is -0.177. The summed E-state index contributed by atoms with van der Waals surface area (Å²) in [5, 5.41) is 4.45. The maximum Gasteiger partial charge on any atom is 0.222 e. The summed E-state index contributed by atoms with van der Waals surface area (Å²) >= 11 is 0. The zero-order valence-corrected chi connectivity index (χ0v) is 16.0. The van der Waals surface area contributed by atoms with Crippen LogP contribution in [0.5, 0.6) is 0 Å². The molecule has 7 heteroatoms. The monoisotopic (exact) mass is 357 g/mol. The van der Waals surface area contributed by atoms with E-state index in [1.165, 1.54) is 0 Å². The lowest BCUT2D eigenvalue weighted by Gasteiger charge is -2.33. The third-order valence-corrected chi connectivity index (χ3v) is 4.60. The molecule has 1 unspecified atom stereocenters. The van der Waals surface area contributed by atoms with Gasteiger partial charge in [-0.3, -0.25) is 9.48 Å². The van der Waals surface area contributed by atoms with E-state index in [-0.39, 0.29) is 12.0 Å². The molecule has 0 aromatic carbocycles. The summed E-state index contributed by atoms with van der Waals surface area (Å²) in [6, 6.07) is 3.99. The Morgan fingerprint density at radius 1 is 1.19 bits per heavy atom. The molecule has 0 saturated carbocycles. The zero-order valence-electron chi connectivity index (χ0n) is 16.0. The molecule has 1 aliphatic heterocycles. The molecular weight excluding hydrogens is 330 g/mol. The van der Waals surface area contributed by atoms with E-state index < -0.39 is 0 Å². The fourth-order valence-electron chi connectivity index (χ4n) is 3.40.